The average Bonchev–Trinajstić information content (AvgIpc) is 3.11. The van der Waals surface area contributed by atoms with Crippen molar-refractivity contribution in [1.82, 2.24) is 15.1 Å². The number of hydrogen-bond donors (Lipinski definition) is 0. The fraction of sp³-hybridized carbons (Fsp3) is 0.636. The number of aromatic nitrogens is 2. The molecule has 0 radical (unpaired) electrons. The Bertz CT molecular complexity index is 327. The third kappa shape index (κ3) is 3.40. The van der Waals surface area contributed by atoms with Crippen LogP contribution in [0.4, 0.5) is 0 Å². The summed E-state index contributed by atoms with van der Waals surface area (Å²) in [6, 6.07) is 4.41. The maximum atomic E-state index is 5.70. The summed E-state index contributed by atoms with van der Waals surface area (Å²) in [5.41, 5.74) is 0.965. The van der Waals surface area contributed by atoms with Gasteiger partial charge in [-0.05, 0) is 25.0 Å². The largest absolute Gasteiger partial charge is 0.383 e. The zero-order valence-corrected chi connectivity index (χ0v) is 10.2. The number of methoxy groups -OCH3 is 1. The Balaban J connectivity index is 1.91. The van der Waals surface area contributed by atoms with E-state index in [9.17, 15) is 0 Å². The molecule has 1 fully saturated rings. The van der Waals surface area contributed by atoms with Crippen molar-refractivity contribution in [1.29, 1.82) is 0 Å². The normalized spacial score (nSPS) is 15.7. The van der Waals surface area contributed by atoms with E-state index in [1.807, 2.05) is 6.07 Å². The minimum atomic E-state index is 0.443. The van der Waals surface area contributed by atoms with Crippen molar-refractivity contribution in [3.05, 3.63) is 23.0 Å². The molecule has 0 amide bonds. The van der Waals surface area contributed by atoms with Gasteiger partial charge in [0.2, 0.25) is 0 Å². The molecule has 0 saturated heterocycles. The smallest absolute Gasteiger partial charge is 0.151 e. The molecule has 16 heavy (non-hydrogen) atoms. The lowest BCUT2D eigenvalue weighted by molar-refractivity contribution is 0.138. The Morgan fingerprint density at radius 3 is 2.81 bits per heavy atom. The summed E-state index contributed by atoms with van der Waals surface area (Å²) in [5, 5.41) is 8.36. The van der Waals surface area contributed by atoms with Crippen LogP contribution in [0.5, 0.6) is 0 Å². The fourth-order valence-corrected chi connectivity index (χ4v) is 1.78. The zero-order chi connectivity index (χ0) is 11.4. The van der Waals surface area contributed by atoms with E-state index >= 15 is 0 Å². The molecule has 0 atom stereocenters. The molecule has 1 aromatic heterocycles. The Kier molecular flexibility index (Phi) is 4.09. The van der Waals surface area contributed by atoms with Crippen LogP contribution in [0.1, 0.15) is 18.5 Å². The van der Waals surface area contributed by atoms with Gasteiger partial charge in [-0.15, -0.1) is 5.10 Å². The molecule has 1 aliphatic rings. The first-order chi connectivity index (χ1) is 7.79. The first kappa shape index (κ1) is 11.8. The highest BCUT2D eigenvalue weighted by Gasteiger charge is 2.28. The van der Waals surface area contributed by atoms with Crippen LogP contribution in [0.2, 0.25) is 5.15 Å². The predicted molar refractivity (Wildman–Crippen MR) is 62.4 cm³/mol. The lowest BCUT2D eigenvalue weighted by atomic mass is 10.3. The Hall–Kier alpha value is -0.710. The number of ether oxygens (including phenoxy) is 1. The van der Waals surface area contributed by atoms with E-state index in [4.69, 9.17) is 16.3 Å². The number of nitrogens with zero attached hydrogens (tertiary/aromatic N) is 3. The molecular formula is C11H16ClN3O. The van der Waals surface area contributed by atoms with Gasteiger partial charge in [0.25, 0.3) is 0 Å². The standard InChI is InChI=1S/C11H16ClN3O/c1-16-7-6-15(10-3-4-10)8-9-2-5-11(12)14-13-9/h2,5,10H,3-4,6-8H2,1H3. The lowest BCUT2D eigenvalue weighted by Gasteiger charge is -2.20. The molecule has 0 aliphatic heterocycles. The van der Waals surface area contributed by atoms with Crippen LogP contribution in [0.3, 0.4) is 0 Å². The second kappa shape index (κ2) is 5.57. The quantitative estimate of drug-likeness (QED) is 0.761. The predicted octanol–water partition coefficient (Wildman–Crippen LogP) is 1.74. The fourth-order valence-electron chi connectivity index (χ4n) is 1.67. The molecule has 1 aliphatic carbocycles. The molecule has 1 heterocycles. The van der Waals surface area contributed by atoms with Crippen LogP contribution in [0.25, 0.3) is 0 Å². The molecule has 0 unspecified atom stereocenters. The zero-order valence-electron chi connectivity index (χ0n) is 9.40. The van der Waals surface area contributed by atoms with Gasteiger partial charge in [0.05, 0.1) is 12.3 Å². The maximum Gasteiger partial charge on any atom is 0.151 e. The van der Waals surface area contributed by atoms with Crippen LogP contribution in [0, 0.1) is 0 Å². The molecule has 88 valence electrons. The molecule has 0 bridgehead atoms. The van der Waals surface area contributed by atoms with Gasteiger partial charge < -0.3 is 4.74 Å². The van der Waals surface area contributed by atoms with Gasteiger partial charge >= 0.3 is 0 Å². The minimum Gasteiger partial charge on any atom is -0.383 e. The van der Waals surface area contributed by atoms with E-state index < -0.39 is 0 Å². The summed E-state index contributed by atoms with van der Waals surface area (Å²) in [5.74, 6) is 0. The van der Waals surface area contributed by atoms with Gasteiger partial charge in [-0.3, -0.25) is 4.90 Å². The van der Waals surface area contributed by atoms with Crippen LogP contribution in [-0.2, 0) is 11.3 Å². The summed E-state index contributed by atoms with van der Waals surface area (Å²) in [4.78, 5) is 2.39. The van der Waals surface area contributed by atoms with Crippen molar-refractivity contribution in [3.8, 4) is 0 Å². The van der Waals surface area contributed by atoms with Crippen LogP contribution in [-0.4, -0.2) is 41.4 Å². The second-order valence-electron chi connectivity index (χ2n) is 4.04. The van der Waals surface area contributed by atoms with Crippen molar-refractivity contribution in [2.75, 3.05) is 20.3 Å². The number of halogens is 1. The maximum absolute atomic E-state index is 5.70. The van der Waals surface area contributed by atoms with Gasteiger partial charge in [-0.1, -0.05) is 11.6 Å². The van der Waals surface area contributed by atoms with Gasteiger partial charge in [0.15, 0.2) is 5.15 Å². The molecule has 1 saturated carbocycles. The third-order valence-corrected chi connectivity index (χ3v) is 2.90. The summed E-state index contributed by atoms with van der Waals surface area (Å²) in [6.07, 6.45) is 2.56. The van der Waals surface area contributed by atoms with Gasteiger partial charge in [-0.25, -0.2) is 0 Å². The second-order valence-corrected chi connectivity index (χ2v) is 4.43. The molecule has 4 nitrogen and oxygen atoms in total. The van der Waals surface area contributed by atoms with Crippen molar-refractivity contribution in [2.24, 2.45) is 0 Å². The van der Waals surface area contributed by atoms with Crippen molar-refractivity contribution in [2.45, 2.75) is 25.4 Å². The van der Waals surface area contributed by atoms with Gasteiger partial charge in [0, 0.05) is 26.2 Å². The highest BCUT2D eigenvalue weighted by atomic mass is 35.5. The van der Waals surface area contributed by atoms with Crippen molar-refractivity contribution in [3.63, 3.8) is 0 Å². The van der Waals surface area contributed by atoms with E-state index in [2.05, 4.69) is 15.1 Å². The molecule has 0 spiro atoms. The molecule has 1 aromatic rings. The molecule has 2 rings (SSSR count). The lowest BCUT2D eigenvalue weighted by Crippen LogP contribution is -2.29. The number of hydrogen-bond acceptors (Lipinski definition) is 4. The van der Waals surface area contributed by atoms with Crippen LogP contribution in [0.15, 0.2) is 12.1 Å². The van der Waals surface area contributed by atoms with Crippen LogP contribution >= 0.6 is 11.6 Å². The Morgan fingerprint density at radius 1 is 1.44 bits per heavy atom. The van der Waals surface area contributed by atoms with E-state index in [0.29, 0.717) is 11.2 Å². The molecule has 0 aromatic carbocycles. The van der Waals surface area contributed by atoms with Gasteiger partial charge in [-0.2, -0.15) is 5.10 Å². The van der Waals surface area contributed by atoms with E-state index in [1.54, 1.807) is 13.2 Å². The molecular weight excluding hydrogens is 226 g/mol. The first-order valence-corrected chi connectivity index (χ1v) is 5.88. The van der Waals surface area contributed by atoms with E-state index in [1.165, 1.54) is 12.8 Å². The highest BCUT2D eigenvalue weighted by molar-refractivity contribution is 6.29. The summed E-state index contributed by atoms with van der Waals surface area (Å²) in [7, 11) is 1.73. The summed E-state index contributed by atoms with van der Waals surface area (Å²) in [6.45, 7) is 2.54. The van der Waals surface area contributed by atoms with E-state index in [-0.39, 0.29) is 0 Å². The van der Waals surface area contributed by atoms with Crippen molar-refractivity contribution < 1.29 is 4.74 Å². The Morgan fingerprint density at radius 2 is 2.25 bits per heavy atom. The van der Waals surface area contributed by atoms with E-state index in [0.717, 1.165) is 25.4 Å². The van der Waals surface area contributed by atoms with Gasteiger partial charge in [0.1, 0.15) is 0 Å². The Labute approximate surface area is 101 Å². The topological polar surface area (TPSA) is 38.2 Å². The minimum absolute atomic E-state index is 0.443. The number of rotatable bonds is 6. The highest BCUT2D eigenvalue weighted by Crippen LogP contribution is 2.27. The first-order valence-electron chi connectivity index (χ1n) is 5.50. The average molecular weight is 242 g/mol. The van der Waals surface area contributed by atoms with Crippen LogP contribution < -0.4 is 0 Å². The summed E-state index contributed by atoms with van der Waals surface area (Å²) >= 11 is 5.70. The summed E-state index contributed by atoms with van der Waals surface area (Å²) < 4.78 is 5.11. The molecule has 5 heteroatoms. The third-order valence-electron chi connectivity index (χ3n) is 2.70. The SMILES string of the molecule is COCCN(Cc1ccc(Cl)nn1)C1CC1. The van der Waals surface area contributed by atoms with Crippen molar-refractivity contribution >= 4 is 11.6 Å². The molecule has 0 N–H and O–H groups in total. The monoisotopic (exact) mass is 241 g/mol.